The minimum Gasteiger partial charge on any atom is -0.312 e. The molecule has 0 spiro atoms. The first-order valence-electron chi connectivity index (χ1n) is 8.09. The van der Waals surface area contributed by atoms with E-state index in [-0.39, 0.29) is 0 Å². The van der Waals surface area contributed by atoms with Crippen LogP contribution in [-0.2, 0) is 0 Å². The average Bonchev–Trinajstić information content (AvgIpc) is 2.93. The van der Waals surface area contributed by atoms with Gasteiger partial charge in [-0.05, 0) is 44.2 Å². The molecule has 2 heteroatoms. The molecular formula is C16H32N2. The lowest BCUT2D eigenvalue weighted by Gasteiger charge is -2.40. The van der Waals surface area contributed by atoms with Gasteiger partial charge < -0.3 is 5.32 Å². The first-order chi connectivity index (χ1) is 8.60. The zero-order chi connectivity index (χ0) is 13.2. The summed E-state index contributed by atoms with van der Waals surface area (Å²) in [6.45, 7) is 11.8. The lowest BCUT2D eigenvalue weighted by atomic mass is 9.86. The number of likely N-dealkylation sites (N-methyl/N-ethyl adjacent to an activating group) is 2. The van der Waals surface area contributed by atoms with Crippen LogP contribution in [0, 0.1) is 5.41 Å². The third-order valence-electron chi connectivity index (χ3n) is 5.32. The largest absolute Gasteiger partial charge is 0.312 e. The van der Waals surface area contributed by atoms with E-state index in [1.165, 1.54) is 45.1 Å². The minimum absolute atomic E-state index is 0.465. The first kappa shape index (κ1) is 14.3. The lowest BCUT2D eigenvalue weighted by Crippen LogP contribution is -2.54. The Morgan fingerprint density at radius 1 is 1.11 bits per heavy atom. The molecule has 2 saturated carbocycles. The fourth-order valence-electron chi connectivity index (χ4n) is 4.35. The highest BCUT2D eigenvalue weighted by Crippen LogP contribution is 2.41. The number of rotatable bonds is 5. The molecule has 2 fully saturated rings. The molecule has 2 rings (SSSR count). The van der Waals surface area contributed by atoms with Crippen LogP contribution in [0.5, 0.6) is 0 Å². The van der Waals surface area contributed by atoms with Gasteiger partial charge in [0.25, 0.3) is 0 Å². The van der Waals surface area contributed by atoms with Gasteiger partial charge in [-0.2, -0.15) is 0 Å². The summed E-state index contributed by atoms with van der Waals surface area (Å²) in [6.07, 6.45) is 8.52. The highest BCUT2D eigenvalue weighted by atomic mass is 15.2. The Labute approximate surface area is 114 Å². The summed E-state index contributed by atoms with van der Waals surface area (Å²) in [5.41, 5.74) is 0.465. The Morgan fingerprint density at radius 3 is 2.33 bits per heavy atom. The second-order valence-electron chi connectivity index (χ2n) is 6.90. The summed E-state index contributed by atoms with van der Waals surface area (Å²) in [4.78, 5) is 2.83. The Balaban J connectivity index is 2.09. The molecule has 106 valence electrons. The zero-order valence-electron chi connectivity index (χ0n) is 12.8. The zero-order valence-corrected chi connectivity index (χ0v) is 12.8. The summed E-state index contributed by atoms with van der Waals surface area (Å²) in [6, 6.07) is 2.33. The van der Waals surface area contributed by atoms with Gasteiger partial charge in [0, 0.05) is 18.1 Å². The average molecular weight is 252 g/mol. The predicted molar refractivity (Wildman–Crippen MR) is 78.9 cm³/mol. The molecule has 2 aliphatic carbocycles. The number of nitrogens with one attached hydrogen (secondary N) is 1. The van der Waals surface area contributed by atoms with Crippen molar-refractivity contribution in [2.75, 3.05) is 13.1 Å². The van der Waals surface area contributed by atoms with Gasteiger partial charge in [-0.3, -0.25) is 4.90 Å². The van der Waals surface area contributed by atoms with Gasteiger partial charge in [-0.15, -0.1) is 0 Å². The van der Waals surface area contributed by atoms with E-state index in [1.807, 2.05) is 0 Å². The Hall–Kier alpha value is -0.0800. The fourth-order valence-corrected chi connectivity index (χ4v) is 4.35. The van der Waals surface area contributed by atoms with Crippen molar-refractivity contribution in [3.63, 3.8) is 0 Å². The molecule has 0 aromatic rings. The van der Waals surface area contributed by atoms with Crippen LogP contribution in [0.2, 0.25) is 0 Å². The summed E-state index contributed by atoms with van der Waals surface area (Å²) in [7, 11) is 0. The summed E-state index contributed by atoms with van der Waals surface area (Å²) in [5, 5.41) is 3.78. The van der Waals surface area contributed by atoms with Crippen LogP contribution in [0.15, 0.2) is 0 Å². The van der Waals surface area contributed by atoms with Crippen molar-refractivity contribution in [3.8, 4) is 0 Å². The molecule has 0 radical (unpaired) electrons. The molecule has 18 heavy (non-hydrogen) atoms. The first-order valence-corrected chi connectivity index (χ1v) is 8.09. The summed E-state index contributed by atoms with van der Waals surface area (Å²) in [5.74, 6) is 0. The van der Waals surface area contributed by atoms with E-state index in [4.69, 9.17) is 0 Å². The van der Waals surface area contributed by atoms with E-state index in [2.05, 4.69) is 37.9 Å². The van der Waals surface area contributed by atoms with Crippen LogP contribution < -0.4 is 5.32 Å². The van der Waals surface area contributed by atoms with Crippen LogP contribution in [0.25, 0.3) is 0 Å². The molecule has 0 aliphatic heterocycles. The SMILES string of the molecule is CCNC1C(N(CC)C2CCCC2)CCC1(C)C. The maximum Gasteiger partial charge on any atom is 0.0274 e. The van der Waals surface area contributed by atoms with Gasteiger partial charge in [-0.25, -0.2) is 0 Å². The Bertz CT molecular complexity index is 256. The van der Waals surface area contributed by atoms with Crippen molar-refractivity contribution in [3.05, 3.63) is 0 Å². The quantitative estimate of drug-likeness (QED) is 0.806. The number of hydrogen-bond donors (Lipinski definition) is 1. The molecular weight excluding hydrogens is 220 g/mol. The van der Waals surface area contributed by atoms with Crippen molar-refractivity contribution >= 4 is 0 Å². The van der Waals surface area contributed by atoms with Gasteiger partial charge in [0.1, 0.15) is 0 Å². The molecule has 1 N–H and O–H groups in total. The molecule has 0 amide bonds. The van der Waals surface area contributed by atoms with E-state index in [1.54, 1.807) is 0 Å². The fraction of sp³-hybridized carbons (Fsp3) is 1.00. The van der Waals surface area contributed by atoms with Crippen LogP contribution >= 0.6 is 0 Å². The topological polar surface area (TPSA) is 15.3 Å². The minimum atomic E-state index is 0.465. The number of hydrogen-bond acceptors (Lipinski definition) is 2. The highest BCUT2D eigenvalue weighted by molar-refractivity contribution is 5.02. The standard InChI is InChI=1S/C16H32N2/c1-5-17-15-14(11-12-16(15,3)4)18(6-2)13-9-7-8-10-13/h13-15,17H,5-12H2,1-4H3. The van der Waals surface area contributed by atoms with E-state index in [9.17, 15) is 0 Å². The molecule has 0 saturated heterocycles. The van der Waals surface area contributed by atoms with E-state index < -0.39 is 0 Å². The maximum atomic E-state index is 3.78. The van der Waals surface area contributed by atoms with E-state index >= 15 is 0 Å². The number of nitrogens with zero attached hydrogens (tertiary/aromatic N) is 1. The van der Waals surface area contributed by atoms with Crippen LogP contribution in [0.1, 0.15) is 66.2 Å². The third-order valence-corrected chi connectivity index (χ3v) is 5.32. The van der Waals surface area contributed by atoms with Crippen LogP contribution in [0.4, 0.5) is 0 Å². The smallest absolute Gasteiger partial charge is 0.0274 e. The van der Waals surface area contributed by atoms with E-state index in [0.29, 0.717) is 11.5 Å². The lowest BCUT2D eigenvalue weighted by molar-refractivity contribution is 0.107. The van der Waals surface area contributed by atoms with Gasteiger partial charge in [0.2, 0.25) is 0 Å². The van der Waals surface area contributed by atoms with Crippen molar-refractivity contribution < 1.29 is 0 Å². The molecule has 0 aromatic heterocycles. The molecule has 0 aromatic carbocycles. The van der Waals surface area contributed by atoms with E-state index in [0.717, 1.165) is 18.6 Å². The molecule has 0 heterocycles. The molecule has 2 aliphatic rings. The highest BCUT2D eigenvalue weighted by Gasteiger charge is 2.45. The molecule has 2 nitrogen and oxygen atoms in total. The van der Waals surface area contributed by atoms with Crippen molar-refractivity contribution in [1.29, 1.82) is 0 Å². The molecule has 2 atom stereocenters. The van der Waals surface area contributed by atoms with Crippen molar-refractivity contribution in [1.82, 2.24) is 10.2 Å². The monoisotopic (exact) mass is 252 g/mol. The van der Waals surface area contributed by atoms with Crippen LogP contribution in [-0.4, -0.2) is 36.1 Å². The van der Waals surface area contributed by atoms with Crippen LogP contribution in [0.3, 0.4) is 0 Å². The molecule has 2 unspecified atom stereocenters. The second kappa shape index (κ2) is 5.92. The normalized spacial score (nSPS) is 32.5. The predicted octanol–water partition coefficient (Wildman–Crippen LogP) is 3.42. The Morgan fingerprint density at radius 2 is 1.78 bits per heavy atom. The van der Waals surface area contributed by atoms with Gasteiger partial charge >= 0.3 is 0 Å². The van der Waals surface area contributed by atoms with Gasteiger partial charge in [-0.1, -0.05) is 40.5 Å². The maximum absolute atomic E-state index is 3.78. The Kier molecular flexibility index (Phi) is 4.71. The summed E-state index contributed by atoms with van der Waals surface area (Å²) >= 11 is 0. The van der Waals surface area contributed by atoms with Gasteiger partial charge in [0.15, 0.2) is 0 Å². The van der Waals surface area contributed by atoms with Crippen molar-refractivity contribution in [2.45, 2.75) is 84.3 Å². The molecule has 0 bridgehead atoms. The summed E-state index contributed by atoms with van der Waals surface area (Å²) < 4.78 is 0. The third kappa shape index (κ3) is 2.75. The van der Waals surface area contributed by atoms with Crippen molar-refractivity contribution in [2.24, 2.45) is 5.41 Å². The van der Waals surface area contributed by atoms with Gasteiger partial charge in [0.05, 0.1) is 0 Å². The second-order valence-corrected chi connectivity index (χ2v) is 6.90.